The van der Waals surface area contributed by atoms with Crippen molar-refractivity contribution in [2.75, 3.05) is 28.4 Å². The zero-order valence-corrected chi connectivity index (χ0v) is 14.4. The van der Waals surface area contributed by atoms with Crippen LogP contribution in [0.25, 0.3) is 6.08 Å². The number of ketones is 1. The molecule has 0 radical (unpaired) electrons. The molecule has 0 aromatic heterocycles. The molecule has 130 valence electrons. The van der Waals surface area contributed by atoms with E-state index in [1.54, 1.807) is 19.3 Å². The highest BCUT2D eigenvalue weighted by Gasteiger charge is 2.36. The van der Waals surface area contributed by atoms with E-state index in [4.69, 9.17) is 23.7 Å². The average molecular weight is 342 g/mol. The Bertz CT molecular complexity index is 853. The zero-order chi connectivity index (χ0) is 18.0. The van der Waals surface area contributed by atoms with Crippen molar-refractivity contribution in [2.45, 2.75) is 0 Å². The third-order valence-corrected chi connectivity index (χ3v) is 3.90. The molecule has 2 aromatic rings. The molecule has 0 amide bonds. The van der Waals surface area contributed by atoms with Crippen LogP contribution in [0.2, 0.25) is 0 Å². The molecule has 6 nitrogen and oxygen atoms in total. The Balaban J connectivity index is 2.13. The van der Waals surface area contributed by atoms with E-state index in [0.29, 0.717) is 28.6 Å². The van der Waals surface area contributed by atoms with Crippen LogP contribution in [0, 0.1) is 0 Å². The van der Waals surface area contributed by atoms with Gasteiger partial charge in [-0.05, 0) is 12.1 Å². The van der Waals surface area contributed by atoms with E-state index in [1.807, 2.05) is 24.3 Å². The molecule has 2 aromatic carbocycles. The molecule has 1 aliphatic heterocycles. The highest BCUT2D eigenvalue weighted by atomic mass is 16.5. The van der Waals surface area contributed by atoms with Gasteiger partial charge in [0.2, 0.25) is 11.5 Å². The Kier molecular flexibility index (Phi) is 4.52. The molecule has 0 atom stereocenters. The van der Waals surface area contributed by atoms with Gasteiger partial charge in [-0.2, -0.15) is 0 Å². The molecule has 0 saturated heterocycles. The van der Waals surface area contributed by atoms with Crippen LogP contribution in [0.15, 0.2) is 36.1 Å². The van der Waals surface area contributed by atoms with Gasteiger partial charge in [0.05, 0.1) is 28.4 Å². The van der Waals surface area contributed by atoms with Gasteiger partial charge in [0.25, 0.3) is 0 Å². The summed E-state index contributed by atoms with van der Waals surface area (Å²) >= 11 is 0. The summed E-state index contributed by atoms with van der Waals surface area (Å²) in [5, 5.41) is 0. The number of carbonyl (C=O) groups excluding carboxylic acids is 1. The van der Waals surface area contributed by atoms with E-state index in [2.05, 4.69) is 0 Å². The summed E-state index contributed by atoms with van der Waals surface area (Å²) in [4.78, 5) is 12.8. The maximum atomic E-state index is 12.8. The van der Waals surface area contributed by atoms with Crippen LogP contribution in [-0.4, -0.2) is 34.2 Å². The van der Waals surface area contributed by atoms with Crippen molar-refractivity contribution in [1.29, 1.82) is 0 Å². The van der Waals surface area contributed by atoms with Gasteiger partial charge in [0, 0.05) is 11.6 Å². The number of allylic oxidation sites excluding steroid dienone is 1. The Labute approximate surface area is 145 Å². The van der Waals surface area contributed by atoms with E-state index in [1.165, 1.54) is 21.3 Å². The largest absolute Gasteiger partial charge is 0.496 e. The van der Waals surface area contributed by atoms with E-state index >= 15 is 0 Å². The van der Waals surface area contributed by atoms with Crippen molar-refractivity contribution in [3.8, 4) is 28.7 Å². The Morgan fingerprint density at radius 2 is 1.56 bits per heavy atom. The van der Waals surface area contributed by atoms with Gasteiger partial charge >= 0.3 is 0 Å². The van der Waals surface area contributed by atoms with E-state index in [0.717, 1.165) is 5.56 Å². The lowest BCUT2D eigenvalue weighted by Gasteiger charge is -2.13. The van der Waals surface area contributed by atoms with Gasteiger partial charge in [0.1, 0.15) is 17.1 Å². The van der Waals surface area contributed by atoms with Crippen molar-refractivity contribution in [3.63, 3.8) is 0 Å². The van der Waals surface area contributed by atoms with Crippen LogP contribution in [0.5, 0.6) is 28.7 Å². The maximum Gasteiger partial charge on any atom is 0.235 e. The maximum absolute atomic E-state index is 12.8. The van der Waals surface area contributed by atoms with Crippen molar-refractivity contribution in [2.24, 2.45) is 0 Å². The number of carbonyl (C=O) groups is 1. The molecule has 0 N–H and O–H groups in total. The average Bonchev–Trinajstić information content (AvgIpc) is 2.97. The van der Waals surface area contributed by atoms with E-state index < -0.39 is 0 Å². The third-order valence-electron chi connectivity index (χ3n) is 3.90. The summed E-state index contributed by atoms with van der Waals surface area (Å²) in [5.74, 6) is 1.91. The Morgan fingerprint density at radius 1 is 0.880 bits per heavy atom. The fraction of sp³-hybridized carbons (Fsp3) is 0.211. The molecule has 6 heteroatoms. The second-order valence-electron chi connectivity index (χ2n) is 5.20. The van der Waals surface area contributed by atoms with Crippen LogP contribution < -0.4 is 23.7 Å². The quantitative estimate of drug-likeness (QED) is 0.777. The van der Waals surface area contributed by atoms with Gasteiger partial charge in [-0.25, -0.2) is 0 Å². The topological polar surface area (TPSA) is 63.2 Å². The van der Waals surface area contributed by atoms with E-state index in [-0.39, 0.29) is 17.3 Å². The SMILES string of the molecule is COc1ccccc1/C=C1\Oc2c(OC)c(OC)cc(OC)c2C1=O. The predicted molar refractivity (Wildman–Crippen MR) is 92.0 cm³/mol. The first-order chi connectivity index (χ1) is 12.1. The van der Waals surface area contributed by atoms with Gasteiger partial charge < -0.3 is 23.7 Å². The number of ether oxygens (including phenoxy) is 5. The van der Waals surface area contributed by atoms with Crippen molar-refractivity contribution in [1.82, 2.24) is 0 Å². The molecular weight excluding hydrogens is 324 g/mol. The number of para-hydroxylation sites is 1. The van der Waals surface area contributed by atoms with Crippen LogP contribution in [-0.2, 0) is 0 Å². The lowest BCUT2D eigenvalue weighted by atomic mass is 10.1. The molecule has 0 bridgehead atoms. The Hall–Kier alpha value is -3.15. The summed E-state index contributed by atoms with van der Waals surface area (Å²) in [6.45, 7) is 0. The molecule has 1 aliphatic rings. The number of hydrogen-bond donors (Lipinski definition) is 0. The molecule has 25 heavy (non-hydrogen) atoms. The highest BCUT2D eigenvalue weighted by Crippen LogP contribution is 2.50. The fourth-order valence-electron chi connectivity index (χ4n) is 2.71. The van der Waals surface area contributed by atoms with Crippen LogP contribution in [0.1, 0.15) is 15.9 Å². The highest BCUT2D eigenvalue weighted by molar-refractivity contribution is 6.17. The predicted octanol–water partition coefficient (Wildman–Crippen LogP) is 3.34. The van der Waals surface area contributed by atoms with Gasteiger partial charge in [0.15, 0.2) is 17.3 Å². The summed E-state index contributed by atoms with van der Waals surface area (Å²) in [5.41, 5.74) is 1.03. The van der Waals surface area contributed by atoms with Crippen molar-refractivity contribution < 1.29 is 28.5 Å². The van der Waals surface area contributed by atoms with Crippen LogP contribution in [0.4, 0.5) is 0 Å². The third kappa shape index (κ3) is 2.76. The monoisotopic (exact) mass is 342 g/mol. The summed E-state index contributed by atoms with van der Waals surface area (Å²) < 4.78 is 27.1. The first-order valence-electron chi connectivity index (χ1n) is 7.54. The van der Waals surface area contributed by atoms with Crippen molar-refractivity contribution >= 4 is 11.9 Å². The molecule has 3 rings (SSSR count). The Morgan fingerprint density at radius 3 is 2.20 bits per heavy atom. The van der Waals surface area contributed by atoms with Crippen LogP contribution in [0.3, 0.4) is 0 Å². The number of Topliss-reactive ketones (excluding diaryl/α,β-unsaturated/α-hetero) is 1. The number of benzene rings is 2. The second-order valence-corrected chi connectivity index (χ2v) is 5.20. The smallest absolute Gasteiger partial charge is 0.235 e. The van der Waals surface area contributed by atoms with Gasteiger partial charge in [-0.1, -0.05) is 18.2 Å². The summed E-state index contributed by atoms with van der Waals surface area (Å²) in [6.07, 6.45) is 1.63. The summed E-state index contributed by atoms with van der Waals surface area (Å²) in [7, 11) is 6.05. The minimum Gasteiger partial charge on any atom is -0.496 e. The number of fused-ring (bicyclic) bond motifs is 1. The minimum absolute atomic E-state index is 0.157. The molecule has 0 saturated carbocycles. The molecule has 1 heterocycles. The van der Waals surface area contributed by atoms with Gasteiger partial charge in [-0.3, -0.25) is 4.79 Å². The minimum atomic E-state index is -0.293. The number of hydrogen-bond acceptors (Lipinski definition) is 6. The summed E-state index contributed by atoms with van der Waals surface area (Å²) in [6, 6.07) is 8.95. The zero-order valence-electron chi connectivity index (χ0n) is 14.4. The number of methoxy groups -OCH3 is 4. The van der Waals surface area contributed by atoms with E-state index in [9.17, 15) is 4.79 Å². The molecule has 0 aliphatic carbocycles. The second kappa shape index (κ2) is 6.76. The number of rotatable bonds is 5. The standard InChI is InChI=1S/C19H18O6/c1-21-12-8-6-5-7-11(12)9-14-17(20)16-13(22-2)10-15(23-3)18(24-4)19(16)25-14/h5-10H,1-4H3/b14-9-. The first-order valence-corrected chi connectivity index (χ1v) is 7.54. The molecule has 0 spiro atoms. The normalized spacial score (nSPS) is 14.1. The molecular formula is C19H18O6. The molecule has 0 fully saturated rings. The molecule has 0 unspecified atom stereocenters. The van der Waals surface area contributed by atoms with Gasteiger partial charge in [-0.15, -0.1) is 0 Å². The fourth-order valence-corrected chi connectivity index (χ4v) is 2.71. The lowest BCUT2D eigenvalue weighted by molar-refractivity contribution is 0.101. The lowest BCUT2D eigenvalue weighted by Crippen LogP contribution is -2.01. The first kappa shape index (κ1) is 16.7. The van der Waals surface area contributed by atoms with Crippen LogP contribution >= 0.6 is 0 Å². The van der Waals surface area contributed by atoms with Crippen molar-refractivity contribution in [3.05, 3.63) is 47.2 Å².